The molecule has 1 aromatic carbocycles. The van der Waals surface area contributed by atoms with Gasteiger partial charge < -0.3 is 0 Å². The Bertz CT molecular complexity index is 347. The molecule has 76 valence electrons. The molecule has 0 amide bonds. The summed E-state index contributed by atoms with van der Waals surface area (Å²) in [7, 11) is -0.668. The lowest BCUT2D eigenvalue weighted by Crippen LogP contribution is -2.02. The topological polar surface area (TPSA) is 17.1 Å². The van der Waals surface area contributed by atoms with Crippen LogP contribution >= 0.6 is 15.9 Å². The zero-order valence-electron chi connectivity index (χ0n) is 7.91. The normalized spacial score (nSPS) is 18.1. The highest BCUT2D eigenvalue weighted by Crippen LogP contribution is 2.30. The molecule has 3 heteroatoms. The third kappa shape index (κ3) is 3.21. The van der Waals surface area contributed by atoms with E-state index >= 15 is 0 Å². The van der Waals surface area contributed by atoms with Crippen molar-refractivity contribution in [3.8, 4) is 0 Å². The summed E-state index contributed by atoms with van der Waals surface area (Å²) in [6.45, 7) is 0. The van der Waals surface area contributed by atoms with Crippen LogP contribution in [0.15, 0.2) is 28.7 Å². The number of rotatable bonds is 4. The van der Waals surface area contributed by atoms with E-state index in [4.69, 9.17) is 0 Å². The molecule has 0 radical (unpaired) electrons. The maximum atomic E-state index is 11.7. The molecule has 1 saturated carbocycles. The van der Waals surface area contributed by atoms with Gasteiger partial charge in [0.25, 0.3) is 0 Å². The monoisotopic (exact) mass is 272 g/mol. The van der Waals surface area contributed by atoms with E-state index in [2.05, 4.69) is 15.9 Å². The van der Waals surface area contributed by atoms with Crippen molar-refractivity contribution in [3.63, 3.8) is 0 Å². The first kappa shape index (κ1) is 10.4. The lowest BCUT2D eigenvalue weighted by Gasteiger charge is -2.01. The van der Waals surface area contributed by atoms with E-state index in [1.54, 1.807) is 0 Å². The number of benzene rings is 1. The zero-order chi connectivity index (χ0) is 9.97. The lowest BCUT2D eigenvalue weighted by molar-refractivity contribution is 0.679. The van der Waals surface area contributed by atoms with Crippen molar-refractivity contribution in [1.82, 2.24) is 0 Å². The molecule has 0 saturated heterocycles. The van der Waals surface area contributed by atoms with E-state index in [9.17, 15) is 4.21 Å². The van der Waals surface area contributed by atoms with Gasteiger partial charge in [-0.05, 0) is 36.5 Å². The Labute approximate surface area is 95.5 Å². The van der Waals surface area contributed by atoms with Crippen molar-refractivity contribution < 1.29 is 4.21 Å². The Morgan fingerprint density at radius 2 is 2.21 bits per heavy atom. The van der Waals surface area contributed by atoms with Gasteiger partial charge in [0.1, 0.15) is 0 Å². The fourth-order valence-electron chi connectivity index (χ4n) is 1.42. The molecule has 0 N–H and O–H groups in total. The third-order valence-electron chi connectivity index (χ3n) is 2.34. The molecule has 0 aromatic heterocycles. The third-order valence-corrected chi connectivity index (χ3v) is 4.33. The quantitative estimate of drug-likeness (QED) is 0.823. The van der Waals surface area contributed by atoms with Gasteiger partial charge in [-0.2, -0.15) is 0 Å². The molecule has 1 aromatic rings. The van der Waals surface area contributed by atoms with Gasteiger partial charge in [-0.15, -0.1) is 0 Å². The van der Waals surface area contributed by atoms with Crippen LogP contribution in [0, 0.1) is 5.92 Å². The summed E-state index contributed by atoms with van der Waals surface area (Å²) in [5.41, 5.74) is 1.17. The second kappa shape index (κ2) is 4.58. The summed E-state index contributed by atoms with van der Waals surface area (Å²) < 4.78 is 12.7. The van der Waals surface area contributed by atoms with Gasteiger partial charge in [0.15, 0.2) is 0 Å². The zero-order valence-corrected chi connectivity index (χ0v) is 10.3. The van der Waals surface area contributed by atoms with Crippen LogP contribution < -0.4 is 0 Å². The maximum absolute atomic E-state index is 11.7. The molecule has 2 rings (SSSR count). The van der Waals surface area contributed by atoms with Crippen LogP contribution in [0.4, 0.5) is 0 Å². The fraction of sp³-hybridized carbons (Fsp3) is 0.455. The first-order valence-electron chi connectivity index (χ1n) is 4.83. The van der Waals surface area contributed by atoms with Crippen LogP contribution in [0.5, 0.6) is 0 Å². The van der Waals surface area contributed by atoms with Crippen LogP contribution in [0.2, 0.25) is 0 Å². The number of halogens is 1. The molecule has 1 nitrogen and oxygen atoms in total. The van der Waals surface area contributed by atoms with Crippen LogP contribution in [0.1, 0.15) is 18.4 Å². The minimum absolute atomic E-state index is 0.668. The SMILES string of the molecule is O=[S@](Cc1cccc(Br)c1)CC1CC1. The van der Waals surface area contributed by atoms with Gasteiger partial charge in [0.05, 0.1) is 0 Å². The second-order valence-electron chi connectivity index (χ2n) is 3.82. The van der Waals surface area contributed by atoms with Crippen LogP contribution in [-0.4, -0.2) is 9.96 Å². The molecular weight excluding hydrogens is 260 g/mol. The van der Waals surface area contributed by atoms with Crippen molar-refractivity contribution in [1.29, 1.82) is 0 Å². The van der Waals surface area contributed by atoms with Gasteiger partial charge in [0, 0.05) is 26.8 Å². The molecule has 1 atom stereocenters. The maximum Gasteiger partial charge on any atom is 0.0486 e. The molecule has 1 aliphatic rings. The predicted octanol–water partition coefficient (Wildman–Crippen LogP) is 3.11. The second-order valence-corrected chi connectivity index (χ2v) is 6.24. The summed E-state index contributed by atoms with van der Waals surface area (Å²) in [5, 5.41) is 0. The van der Waals surface area contributed by atoms with Gasteiger partial charge in [0.2, 0.25) is 0 Å². The Kier molecular flexibility index (Phi) is 3.39. The summed E-state index contributed by atoms with van der Waals surface area (Å²) >= 11 is 3.42. The smallest absolute Gasteiger partial charge is 0.0486 e. The first-order chi connectivity index (χ1) is 6.74. The summed E-state index contributed by atoms with van der Waals surface area (Å²) in [4.78, 5) is 0. The van der Waals surface area contributed by atoms with Gasteiger partial charge in [-0.3, -0.25) is 4.21 Å². The van der Waals surface area contributed by atoms with E-state index in [1.165, 1.54) is 18.4 Å². The van der Waals surface area contributed by atoms with Gasteiger partial charge >= 0.3 is 0 Å². The highest BCUT2D eigenvalue weighted by atomic mass is 79.9. The standard InChI is InChI=1S/C11H13BrOS/c12-11-3-1-2-10(6-11)8-14(13)7-9-4-5-9/h1-3,6,9H,4-5,7-8H2/t14-/m0/s1. The van der Waals surface area contributed by atoms with Crippen LogP contribution in [0.25, 0.3) is 0 Å². The van der Waals surface area contributed by atoms with Crippen molar-refractivity contribution in [2.75, 3.05) is 5.75 Å². The largest absolute Gasteiger partial charge is 0.259 e. The number of hydrogen-bond donors (Lipinski definition) is 0. The van der Waals surface area contributed by atoms with Crippen molar-refractivity contribution in [3.05, 3.63) is 34.3 Å². The molecule has 0 spiro atoms. The molecule has 0 unspecified atom stereocenters. The van der Waals surface area contributed by atoms with E-state index in [1.807, 2.05) is 24.3 Å². The van der Waals surface area contributed by atoms with Crippen molar-refractivity contribution >= 4 is 26.7 Å². The molecule has 0 aliphatic heterocycles. The average Bonchev–Trinajstić information content (AvgIpc) is 2.87. The van der Waals surface area contributed by atoms with E-state index < -0.39 is 10.8 Å². The molecule has 1 fully saturated rings. The molecule has 0 heterocycles. The number of hydrogen-bond acceptors (Lipinski definition) is 1. The Balaban J connectivity index is 1.92. The van der Waals surface area contributed by atoms with E-state index in [0.717, 1.165) is 16.1 Å². The van der Waals surface area contributed by atoms with Crippen LogP contribution in [-0.2, 0) is 16.6 Å². The predicted molar refractivity (Wildman–Crippen MR) is 63.6 cm³/mol. The van der Waals surface area contributed by atoms with Crippen molar-refractivity contribution in [2.45, 2.75) is 18.6 Å². The highest BCUT2D eigenvalue weighted by Gasteiger charge is 2.23. The molecule has 14 heavy (non-hydrogen) atoms. The van der Waals surface area contributed by atoms with E-state index in [0.29, 0.717) is 5.75 Å². The molecular formula is C11H13BrOS. The lowest BCUT2D eigenvalue weighted by atomic mass is 10.2. The Hall–Kier alpha value is -0.150. The average molecular weight is 273 g/mol. The summed E-state index contributed by atoms with van der Waals surface area (Å²) in [5.74, 6) is 2.35. The minimum Gasteiger partial charge on any atom is -0.259 e. The van der Waals surface area contributed by atoms with Gasteiger partial charge in [-0.25, -0.2) is 0 Å². The van der Waals surface area contributed by atoms with Crippen molar-refractivity contribution in [2.24, 2.45) is 5.92 Å². The molecule has 0 bridgehead atoms. The van der Waals surface area contributed by atoms with Crippen LogP contribution in [0.3, 0.4) is 0 Å². The first-order valence-corrected chi connectivity index (χ1v) is 7.11. The highest BCUT2D eigenvalue weighted by molar-refractivity contribution is 9.10. The van der Waals surface area contributed by atoms with Gasteiger partial charge in [-0.1, -0.05) is 28.1 Å². The summed E-state index contributed by atoms with van der Waals surface area (Å²) in [6.07, 6.45) is 2.56. The fourth-order valence-corrected chi connectivity index (χ4v) is 3.39. The molecule has 1 aliphatic carbocycles. The Morgan fingerprint density at radius 3 is 2.86 bits per heavy atom. The summed E-state index contributed by atoms with van der Waals surface area (Å²) in [6, 6.07) is 8.07. The Morgan fingerprint density at radius 1 is 1.43 bits per heavy atom. The van der Waals surface area contributed by atoms with E-state index in [-0.39, 0.29) is 0 Å². The minimum atomic E-state index is -0.668.